The summed E-state index contributed by atoms with van der Waals surface area (Å²) in [6, 6.07) is 4.06. The maximum absolute atomic E-state index is 5.94. The van der Waals surface area contributed by atoms with Crippen molar-refractivity contribution < 1.29 is 4.42 Å². The summed E-state index contributed by atoms with van der Waals surface area (Å²) in [7, 11) is 0. The van der Waals surface area contributed by atoms with Crippen molar-refractivity contribution in [1.29, 1.82) is 0 Å². The first-order valence-electron chi connectivity index (χ1n) is 9.12. The van der Waals surface area contributed by atoms with Gasteiger partial charge in [0.15, 0.2) is 0 Å². The Bertz CT molecular complexity index is 853. The maximum atomic E-state index is 5.94. The minimum absolute atomic E-state index is 0.0107. The van der Waals surface area contributed by atoms with Gasteiger partial charge < -0.3 is 14.7 Å². The van der Waals surface area contributed by atoms with E-state index in [1.54, 1.807) is 6.33 Å². The van der Waals surface area contributed by atoms with Gasteiger partial charge >= 0.3 is 0 Å². The van der Waals surface area contributed by atoms with Gasteiger partial charge in [-0.3, -0.25) is 4.90 Å². The lowest BCUT2D eigenvalue weighted by Crippen LogP contribution is -2.35. The minimum atomic E-state index is 0.0107. The Hall–Kier alpha value is -2.67. The van der Waals surface area contributed by atoms with Gasteiger partial charge in [-0.25, -0.2) is 15.0 Å². The molecular weight excluding hydrogens is 328 g/mol. The predicted molar refractivity (Wildman–Crippen MR) is 98.8 cm³/mol. The Morgan fingerprint density at radius 2 is 2.12 bits per heavy atom. The summed E-state index contributed by atoms with van der Waals surface area (Å²) in [5, 5.41) is 3.21. The molecule has 0 saturated carbocycles. The lowest BCUT2D eigenvalue weighted by Gasteiger charge is -2.33. The summed E-state index contributed by atoms with van der Waals surface area (Å²) >= 11 is 0. The first kappa shape index (κ1) is 16.8. The van der Waals surface area contributed by atoms with Gasteiger partial charge in [-0.15, -0.1) is 0 Å². The van der Waals surface area contributed by atoms with Crippen molar-refractivity contribution in [3.8, 4) is 0 Å². The van der Waals surface area contributed by atoms with Crippen molar-refractivity contribution in [3.05, 3.63) is 59.3 Å². The van der Waals surface area contributed by atoms with Gasteiger partial charge in [0.2, 0.25) is 5.95 Å². The summed E-state index contributed by atoms with van der Waals surface area (Å²) in [6.45, 7) is 6.66. The number of hydrogen-bond donors (Lipinski definition) is 2. The normalized spacial score (nSPS) is 17.2. The van der Waals surface area contributed by atoms with E-state index in [1.165, 1.54) is 5.69 Å². The highest BCUT2D eigenvalue weighted by molar-refractivity contribution is 5.29. The average Bonchev–Trinajstić information content (AvgIpc) is 3.30. The summed E-state index contributed by atoms with van der Waals surface area (Å²) in [5.74, 6) is 2.53. The lowest BCUT2D eigenvalue weighted by molar-refractivity contribution is 0.178. The van der Waals surface area contributed by atoms with E-state index < -0.39 is 0 Å². The van der Waals surface area contributed by atoms with Crippen LogP contribution >= 0.6 is 0 Å². The number of H-pyrrole nitrogens is 1. The molecule has 0 amide bonds. The summed E-state index contributed by atoms with van der Waals surface area (Å²) in [6.07, 6.45) is 7.57. The molecule has 136 valence electrons. The number of aromatic amines is 1. The number of nitrogens with one attached hydrogen (secondary N) is 2. The first-order valence-corrected chi connectivity index (χ1v) is 9.12. The zero-order valence-corrected chi connectivity index (χ0v) is 15.2. The number of hydrogen-bond acceptors (Lipinski definition) is 6. The van der Waals surface area contributed by atoms with Crippen LogP contribution in [0.1, 0.15) is 47.9 Å². The van der Waals surface area contributed by atoms with Crippen LogP contribution in [0.5, 0.6) is 0 Å². The molecule has 7 nitrogen and oxygen atoms in total. The molecule has 1 atom stereocenters. The lowest BCUT2D eigenvalue weighted by atomic mass is 10.00. The second-order valence-corrected chi connectivity index (χ2v) is 6.68. The van der Waals surface area contributed by atoms with Crippen LogP contribution in [0.25, 0.3) is 0 Å². The molecule has 1 aliphatic rings. The van der Waals surface area contributed by atoms with Crippen molar-refractivity contribution in [1.82, 2.24) is 24.8 Å². The Morgan fingerprint density at radius 3 is 2.85 bits per heavy atom. The van der Waals surface area contributed by atoms with Crippen molar-refractivity contribution in [2.24, 2.45) is 0 Å². The Morgan fingerprint density at radius 1 is 1.27 bits per heavy atom. The molecule has 4 rings (SSSR count). The smallest absolute Gasteiger partial charge is 0.222 e. The van der Waals surface area contributed by atoms with Gasteiger partial charge in [0, 0.05) is 49.7 Å². The van der Waals surface area contributed by atoms with Crippen LogP contribution in [0, 0.1) is 6.92 Å². The Kier molecular flexibility index (Phi) is 4.71. The first-order chi connectivity index (χ1) is 12.7. The minimum Gasteiger partial charge on any atom is -0.464 e. The van der Waals surface area contributed by atoms with E-state index in [2.05, 4.69) is 37.1 Å². The number of rotatable bonds is 6. The molecule has 0 spiro atoms. The van der Waals surface area contributed by atoms with E-state index in [1.807, 2.05) is 31.5 Å². The highest BCUT2D eigenvalue weighted by atomic mass is 16.3. The van der Waals surface area contributed by atoms with Gasteiger partial charge in [-0.2, -0.15) is 0 Å². The number of anilines is 1. The van der Waals surface area contributed by atoms with E-state index in [9.17, 15) is 0 Å². The Balaban J connectivity index is 1.56. The van der Waals surface area contributed by atoms with Crippen LogP contribution in [0.4, 0.5) is 5.95 Å². The highest BCUT2D eigenvalue weighted by Crippen LogP contribution is 2.35. The fourth-order valence-electron chi connectivity index (χ4n) is 3.41. The molecule has 0 fully saturated rings. The number of imidazole rings is 1. The number of aryl methyl sites for hydroxylation is 1. The predicted octanol–water partition coefficient (Wildman–Crippen LogP) is 3.07. The molecule has 0 bridgehead atoms. The van der Waals surface area contributed by atoms with E-state index in [-0.39, 0.29) is 6.04 Å². The third-order valence-electron chi connectivity index (χ3n) is 4.68. The number of furan rings is 1. The molecule has 0 unspecified atom stereocenters. The largest absolute Gasteiger partial charge is 0.464 e. The SMILES string of the molecule is CCCNc1ncc(CN2CCc3[nH]cnc3[C@H]2c2ccc(C)o2)cn1. The van der Waals surface area contributed by atoms with Crippen molar-refractivity contribution in [3.63, 3.8) is 0 Å². The second kappa shape index (κ2) is 7.29. The quantitative estimate of drug-likeness (QED) is 0.709. The number of nitrogens with zero attached hydrogens (tertiary/aromatic N) is 4. The summed E-state index contributed by atoms with van der Waals surface area (Å²) in [4.78, 5) is 19.1. The molecule has 26 heavy (non-hydrogen) atoms. The van der Waals surface area contributed by atoms with Crippen LogP contribution in [0.15, 0.2) is 35.3 Å². The third kappa shape index (κ3) is 3.35. The van der Waals surface area contributed by atoms with E-state index in [4.69, 9.17) is 4.42 Å². The monoisotopic (exact) mass is 352 g/mol. The zero-order chi connectivity index (χ0) is 17.9. The average molecular weight is 352 g/mol. The fraction of sp³-hybridized carbons (Fsp3) is 0.421. The van der Waals surface area contributed by atoms with Gasteiger partial charge in [0.25, 0.3) is 0 Å². The molecule has 0 saturated heterocycles. The molecule has 0 radical (unpaired) electrons. The van der Waals surface area contributed by atoms with Crippen LogP contribution in [0.3, 0.4) is 0 Å². The van der Waals surface area contributed by atoms with Crippen LogP contribution in [-0.2, 0) is 13.0 Å². The molecule has 4 heterocycles. The second-order valence-electron chi connectivity index (χ2n) is 6.68. The van der Waals surface area contributed by atoms with Gasteiger partial charge in [-0.05, 0) is 25.5 Å². The van der Waals surface area contributed by atoms with Crippen molar-refractivity contribution in [2.45, 2.75) is 39.3 Å². The molecule has 1 aliphatic heterocycles. The third-order valence-corrected chi connectivity index (χ3v) is 4.68. The standard InChI is InChI=1S/C19H24N6O/c1-3-7-20-19-21-9-14(10-22-19)11-25-8-6-15-17(24-12-23-15)18(25)16-5-4-13(2)26-16/h4-5,9-10,12,18H,3,6-8,11H2,1-2H3,(H,23,24)(H,20,21,22)/t18-/m1/s1. The van der Waals surface area contributed by atoms with Crippen LogP contribution < -0.4 is 5.32 Å². The molecule has 0 aromatic carbocycles. The van der Waals surface area contributed by atoms with Crippen LogP contribution in [0.2, 0.25) is 0 Å². The molecule has 3 aromatic rings. The zero-order valence-electron chi connectivity index (χ0n) is 15.2. The van der Waals surface area contributed by atoms with Gasteiger partial charge in [0.05, 0.1) is 12.0 Å². The number of aromatic nitrogens is 4. The fourth-order valence-corrected chi connectivity index (χ4v) is 3.41. The summed E-state index contributed by atoms with van der Waals surface area (Å²) < 4.78 is 5.94. The van der Waals surface area contributed by atoms with Crippen LogP contribution in [-0.4, -0.2) is 37.9 Å². The van der Waals surface area contributed by atoms with Gasteiger partial charge in [-0.1, -0.05) is 6.92 Å². The molecule has 2 N–H and O–H groups in total. The molecule has 3 aromatic heterocycles. The van der Waals surface area contributed by atoms with E-state index in [0.29, 0.717) is 5.95 Å². The number of fused-ring (bicyclic) bond motifs is 1. The highest BCUT2D eigenvalue weighted by Gasteiger charge is 2.33. The van der Waals surface area contributed by atoms with Crippen molar-refractivity contribution >= 4 is 5.95 Å². The van der Waals surface area contributed by atoms with E-state index >= 15 is 0 Å². The molecule has 0 aliphatic carbocycles. The Labute approximate surface area is 152 Å². The molecule has 7 heteroatoms. The summed E-state index contributed by atoms with van der Waals surface area (Å²) in [5.41, 5.74) is 3.32. The topological polar surface area (TPSA) is 82.9 Å². The maximum Gasteiger partial charge on any atom is 0.222 e. The van der Waals surface area contributed by atoms with E-state index in [0.717, 1.165) is 55.3 Å². The van der Waals surface area contributed by atoms with Crippen molar-refractivity contribution in [2.75, 3.05) is 18.4 Å². The molecular formula is C19H24N6O. The van der Waals surface area contributed by atoms with Gasteiger partial charge in [0.1, 0.15) is 17.6 Å².